The third kappa shape index (κ3) is 3.20. The minimum absolute atomic E-state index is 0.000258. The first-order valence-corrected chi connectivity index (χ1v) is 6.96. The van der Waals surface area contributed by atoms with Gasteiger partial charge in [0.15, 0.2) is 0 Å². The van der Waals surface area contributed by atoms with E-state index in [2.05, 4.69) is 0 Å². The molecule has 2 aromatic carbocycles. The molecule has 1 unspecified atom stereocenters. The Bertz CT molecular complexity index is 607. The number of carbonyl (C=O) groups excluding carboxylic acids is 1. The molecule has 0 saturated carbocycles. The minimum atomic E-state index is 0.000258. The average molecular weight is 288 g/mol. The predicted molar refractivity (Wildman–Crippen MR) is 83.1 cm³/mol. The summed E-state index contributed by atoms with van der Waals surface area (Å²) in [4.78, 5) is 14.2. The maximum atomic E-state index is 12.5. The van der Waals surface area contributed by atoms with Crippen LogP contribution in [0.2, 0.25) is 5.02 Å². The summed E-state index contributed by atoms with van der Waals surface area (Å²) in [5.41, 5.74) is 2.87. The molecule has 2 aromatic rings. The minimum Gasteiger partial charge on any atom is -0.335 e. The van der Waals surface area contributed by atoms with Crippen molar-refractivity contribution in [2.24, 2.45) is 0 Å². The van der Waals surface area contributed by atoms with Gasteiger partial charge in [-0.05, 0) is 43.7 Å². The summed E-state index contributed by atoms with van der Waals surface area (Å²) < 4.78 is 0. The quantitative estimate of drug-likeness (QED) is 0.815. The lowest BCUT2D eigenvalue weighted by atomic mass is 10.1. The van der Waals surface area contributed by atoms with Crippen molar-refractivity contribution < 1.29 is 4.79 Å². The number of rotatable bonds is 3. The molecule has 2 rings (SSSR count). The predicted octanol–water partition coefficient (Wildman–Crippen LogP) is 4.48. The first-order chi connectivity index (χ1) is 9.49. The van der Waals surface area contributed by atoms with E-state index in [1.54, 1.807) is 4.90 Å². The molecule has 0 aliphatic carbocycles. The zero-order valence-corrected chi connectivity index (χ0v) is 12.7. The number of benzene rings is 2. The zero-order valence-electron chi connectivity index (χ0n) is 11.9. The molecule has 1 amide bonds. The topological polar surface area (TPSA) is 20.3 Å². The van der Waals surface area contributed by atoms with Gasteiger partial charge in [0.1, 0.15) is 0 Å². The van der Waals surface area contributed by atoms with Crippen molar-refractivity contribution in [1.82, 2.24) is 4.90 Å². The number of nitrogens with zero attached hydrogens (tertiary/aromatic N) is 1. The Hall–Kier alpha value is -1.80. The van der Waals surface area contributed by atoms with Gasteiger partial charge in [-0.25, -0.2) is 0 Å². The lowest BCUT2D eigenvalue weighted by Crippen LogP contribution is -2.29. The molecule has 0 N–H and O–H groups in total. The first-order valence-electron chi connectivity index (χ1n) is 6.58. The molecule has 0 spiro atoms. The number of amides is 1. The summed E-state index contributed by atoms with van der Waals surface area (Å²) in [6.45, 7) is 4.00. The van der Waals surface area contributed by atoms with E-state index >= 15 is 0 Å². The summed E-state index contributed by atoms with van der Waals surface area (Å²) in [6, 6.07) is 15.2. The molecule has 20 heavy (non-hydrogen) atoms. The van der Waals surface area contributed by atoms with Gasteiger partial charge in [0.05, 0.1) is 6.04 Å². The van der Waals surface area contributed by atoms with Crippen LogP contribution in [-0.4, -0.2) is 17.9 Å². The number of carbonyl (C=O) groups is 1. The monoisotopic (exact) mass is 287 g/mol. The van der Waals surface area contributed by atoms with Crippen LogP contribution >= 0.6 is 11.6 Å². The van der Waals surface area contributed by atoms with Gasteiger partial charge in [0.25, 0.3) is 5.91 Å². The van der Waals surface area contributed by atoms with Gasteiger partial charge in [-0.2, -0.15) is 0 Å². The molecule has 0 aromatic heterocycles. The Morgan fingerprint density at radius 1 is 1.15 bits per heavy atom. The summed E-state index contributed by atoms with van der Waals surface area (Å²) in [5.74, 6) is 0.0242. The Labute approximate surface area is 125 Å². The second kappa shape index (κ2) is 6.10. The van der Waals surface area contributed by atoms with Gasteiger partial charge in [-0.1, -0.05) is 41.4 Å². The maximum absolute atomic E-state index is 12.5. The summed E-state index contributed by atoms with van der Waals surface area (Å²) >= 11 is 5.89. The maximum Gasteiger partial charge on any atom is 0.254 e. The first kappa shape index (κ1) is 14.6. The second-order valence-electron chi connectivity index (χ2n) is 5.01. The van der Waals surface area contributed by atoms with Crippen molar-refractivity contribution in [3.8, 4) is 0 Å². The average Bonchev–Trinajstić information content (AvgIpc) is 2.46. The second-order valence-corrected chi connectivity index (χ2v) is 5.45. The zero-order chi connectivity index (χ0) is 14.7. The van der Waals surface area contributed by atoms with Crippen LogP contribution < -0.4 is 0 Å². The SMILES string of the molecule is Cc1cccc(C(=O)N(C)C(C)c2ccc(Cl)cc2)c1. The lowest BCUT2D eigenvalue weighted by Gasteiger charge is -2.25. The summed E-state index contributed by atoms with van der Waals surface area (Å²) in [7, 11) is 1.82. The Kier molecular flexibility index (Phi) is 4.46. The van der Waals surface area contributed by atoms with Crippen LogP contribution in [0.5, 0.6) is 0 Å². The highest BCUT2D eigenvalue weighted by Crippen LogP contribution is 2.22. The third-order valence-corrected chi connectivity index (χ3v) is 3.77. The molecule has 1 atom stereocenters. The molecule has 2 nitrogen and oxygen atoms in total. The number of aryl methyl sites for hydroxylation is 1. The van der Waals surface area contributed by atoms with Gasteiger partial charge >= 0.3 is 0 Å². The molecule has 0 bridgehead atoms. The molecule has 104 valence electrons. The van der Waals surface area contributed by atoms with Crippen LogP contribution in [0, 0.1) is 6.92 Å². The summed E-state index contributed by atoms with van der Waals surface area (Å²) in [5, 5.41) is 0.702. The fraction of sp³-hybridized carbons (Fsp3) is 0.235. The standard InChI is InChI=1S/C17H18ClNO/c1-12-5-4-6-15(11-12)17(20)19(3)13(2)14-7-9-16(18)10-8-14/h4-11,13H,1-3H3. The molecule has 0 saturated heterocycles. The van der Waals surface area contributed by atoms with Crippen molar-refractivity contribution in [2.75, 3.05) is 7.05 Å². The Morgan fingerprint density at radius 2 is 1.80 bits per heavy atom. The van der Waals surface area contributed by atoms with Crippen molar-refractivity contribution in [3.05, 3.63) is 70.2 Å². The highest BCUT2D eigenvalue weighted by atomic mass is 35.5. The van der Waals surface area contributed by atoms with Crippen LogP contribution in [0.1, 0.15) is 34.5 Å². The highest BCUT2D eigenvalue weighted by Gasteiger charge is 2.18. The molecular formula is C17H18ClNO. The smallest absolute Gasteiger partial charge is 0.254 e. The van der Waals surface area contributed by atoms with Crippen LogP contribution in [0.3, 0.4) is 0 Å². The van der Waals surface area contributed by atoms with E-state index in [1.807, 2.05) is 69.4 Å². The molecule has 3 heteroatoms. The van der Waals surface area contributed by atoms with Gasteiger partial charge in [-0.15, -0.1) is 0 Å². The molecular weight excluding hydrogens is 270 g/mol. The van der Waals surface area contributed by atoms with Gasteiger partial charge in [0.2, 0.25) is 0 Å². The van der Waals surface area contributed by atoms with Crippen LogP contribution in [-0.2, 0) is 0 Å². The number of hydrogen-bond acceptors (Lipinski definition) is 1. The molecule has 0 heterocycles. The van der Waals surface area contributed by atoms with E-state index in [-0.39, 0.29) is 11.9 Å². The van der Waals surface area contributed by atoms with E-state index in [0.29, 0.717) is 10.6 Å². The van der Waals surface area contributed by atoms with Gasteiger partial charge in [0, 0.05) is 17.6 Å². The molecule has 0 fully saturated rings. The van der Waals surface area contributed by atoms with Crippen molar-refractivity contribution >= 4 is 17.5 Å². The molecule has 0 aliphatic heterocycles. The molecule has 0 radical (unpaired) electrons. The normalized spacial score (nSPS) is 12.0. The third-order valence-electron chi connectivity index (χ3n) is 3.52. The van der Waals surface area contributed by atoms with Crippen molar-refractivity contribution in [1.29, 1.82) is 0 Å². The lowest BCUT2D eigenvalue weighted by molar-refractivity contribution is 0.0742. The van der Waals surface area contributed by atoms with Gasteiger partial charge in [-0.3, -0.25) is 4.79 Å². The van der Waals surface area contributed by atoms with Crippen LogP contribution in [0.25, 0.3) is 0 Å². The van der Waals surface area contributed by atoms with E-state index in [4.69, 9.17) is 11.6 Å². The van der Waals surface area contributed by atoms with Crippen LogP contribution in [0.4, 0.5) is 0 Å². The van der Waals surface area contributed by atoms with E-state index in [1.165, 1.54) is 0 Å². The Morgan fingerprint density at radius 3 is 2.40 bits per heavy atom. The fourth-order valence-electron chi connectivity index (χ4n) is 2.12. The van der Waals surface area contributed by atoms with E-state index in [9.17, 15) is 4.79 Å². The summed E-state index contributed by atoms with van der Waals surface area (Å²) in [6.07, 6.45) is 0. The van der Waals surface area contributed by atoms with Crippen LogP contribution in [0.15, 0.2) is 48.5 Å². The van der Waals surface area contributed by atoms with Crippen molar-refractivity contribution in [2.45, 2.75) is 19.9 Å². The molecule has 0 aliphatic rings. The number of hydrogen-bond donors (Lipinski definition) is 0. The largest absolute Gasteiger partial charge is 0.335 e. The van der Waals surface area contributed by atoms with E-state index < -0.39 is 0 Å². The van der Waals surface area contributed by atoms with Gasteiger partial charge < -0.3 is 4.90 Å². The fourth-order valence-corrected chi connectivity index (χ4v) is 2.25. The number of halogens is 1. The van der Waals surface area contributed by atoms with Crippen molar-refractivity contribution in [3.63, 3.8) is 0 Å². The Balaban J connectivity index is 2.20. The highest BCUT2D eigenvalue weighted by molar-refractivity contribution is 6.30. The van der Waals surface area contributed by atoms with E-state index in [0.717, 1.165) is 11.1 Å².